The van der Waals surface area contributed by atoms with Crippen molar-refractivity contribution in [2.24, 2.45) is 0 Å². The molecule has 2 amide bonds. The van der Waals surface area contributed by atoms with E-state index in [9.17, 15) is 9.59 Å². The van der Waals surface area contributed by atoms with E-state index in [-0.39, 0.29) is 11.1 Å². The summed E-state index contributed by atoms with van der Waals surface area (Å²) in [5, 5.41) is -0.237. The third kappa shape index (κ3) is 3.90. The molecule has 1 fully saturated rings. The number of carbonyl (C=O) groups is 2. The van der Waals surface area contributed by atoms with Gasteiger partial charge in [0.25, 0.3) is 11.1 Å². The van der Waals surface area contributed by atoms with Gasteiger partial charge in [-0.15, -0.1) is 0 Å². The smallest absolute Gasteiger partial charge is 0.293 e. The number of ether oxygens (including phenoxy) is 2. The highest BCUT2D eigenvalue weighted by atomic mass is 79.9. The van der Waals surface area contributed by atoms with Gasteiger partial charge < -0.3 is 9.47 Å². The van der Waals surface area contributed by atoms with Crippen molar-refractivity contribution in [3.8, 4) is 11.5 Å². The average molecular weight is 400 g/mol. The van der Waals surface area contributed by atoms with Crippen LogP contribution >= 0.6 is 27.7 Å². The second-order valence-corrected chi connectivity index (χ2v) is 6.47. The number of benzene rings is 1. The first-order valence-corrected chi connectivity index (χ1v) is 8.97. The van der Waals surface area contributed by atoms with E-state index < -0.39 is 0 Å². The summed E-state index contributed by atoms with van der Waals surface area (Å²) in [6, 6.07) is 3.65. The van der Waals surface area contributed by atoms with Crippen LogP contribution in [0.5, 0.6) is 11.5 Å². The molecule has 0 aromatic heterocycles. The lowest BCUT2D eigenvalue weighted by Crippen LogP contribution is -2.27. The monoisotopic (exact) mass is 399 g/mol. The summed E-state index contributed by atoms with van der Waals surface area (Å²) in [6.07, 6.45) is 1.70. The molecule has 1 aliphatic heterocycles. The molecule has 0 spiro atoms. The molecule has 1 aromatic rings. The Bertz CT molecular complexity index is 660. The molecule has 5 nitrogen and oxygen atoms in total. The summed E-state index contributed by atoms with van der Waals surface area (Å²) in [6.45, 7) is 6.97. The normalized spacial score (nSPS) is 16.3. The largest absolute Gasteiger partial charge is 0.490 e. The minimum absolute atomic E-state index is 0.237. The molecule has 0 bridgehead atoms. The van der Waals surface area contributed by atoms with Crippen LogP contribution in [0.3, 0.4) is 0 Å². The van der Waals surface area contributed by atoms with E-state index >= 15 is 0 Å². The van der Waals surface area contributed by atoms with Crippen LogP contribution in [0.15, 0.2) is 21.5 Å². The van der Waals surface area contributed by atoms with Gasteiger partial charge in [0, 0.05) is 6.54 Å². The predicted octanol–water partition coefficient (Wildman–Crippen LogP) is 4.30. The van der Waals surface area contributed by atoms with E-state index in [1.165, 1.54) is 4.90 Å². The molecular formula is C16H18BrNO4S. The van der Waals surface area contributed by atoms with Crippen molar-refractivity contribution >= 4 is 44.9 Å². The molecule has 1 saturated heterocycles. The Balaban J connectivity index is 2.39. The topological polar surface area (TPSA) is 55.8 Å². The molecule has 0 atom stereocenters. The van der Waals surface area contributed by atoms with Crippen molar-refractivity contribution in [1.29, 1.82) is 0 Å². The highest BCUT2D eigenvalue weighted by Gasteiger charge is 2.33. The van der Waals surface area contributed by atoms with Gasteiger partial charge in [-0.3, -0.25) is 14.5 Å². The van der Waals surface area contributed by atoms with Gasteiger partial charge in [-0.1, -0.05) is 0 Å². The molecule has 7 heteroatoms. The number of amides is 2. The molecule has 1 heterocycles. The average Bonchev–Trinajstić information content (AvgIpc) is 2.77. The number of rotatable bonds is 6. The van der Waals surface area contributed by atoms with E-state index in [1.807, 2.05) is 19.9 Å². The van der Waals surface area contributed by atoms with Crippen molar-refractivity contribution in [1.82, 2.24) is 4.90 Å². The Labute approximate surface area is 148 Å². The number of hydrogen-bond acceptors (Lipinski definition) is 5. The second kappa shape index (κ2) is 7.88. The third-order valence-electron chi connectivity index (χ3n) is 3.11. The maximum absolute atomic E-state index is 12.2. The van der Waals surface area contributed by atoms with Crippen LogP contribution in [0.2, 0.25) is 0 Å². The molecule has 1 aromatic carbocycles. The van der Waals surface area contributed by atoms with Crippen molar-refractivity contribution in [2.45, 2.75) is 20.8 Å². The van der Waals surface area contributed by atoms with Gasteiger partial charge in [-0.25, -0.2) is 0 Å². The molecule has 1 aliphatic rings. The Kier molecular flexibility index (Phi) is 6.12. The lowest BCUT2D eigenvalue weighted by Gasteiger charge is -2.13. The molecule has 0 aliphatic carbocycles. The number of hydrogen-bond donors (Lipinski definition) is 0. The SMILES string of the molecule is CCOc1cc(/C=C2\SC(=O)N(CC)C2=O)cc(Br)c1OCC. The number of imide groups is 1. The summed E-state index contributed by atoms with van der Waals surface area (Å²) in [5.41, 5.74) is 0.769. The maximum Gasteiger partial charge on any atom is 0.293 e. The van der Waals surface area contributed by atoms with Crippen molar-refractivity contribution in [2.75, 3.05) is 19.8 Å². The Morgan fingerprint density at radius 3 is 2.43 bits per heavy atom. The van der Waals surface area contributed by atoms with Gasteiger partial charge in [-0.2, -0.15) is 0 Å². The molecule has 0 unspecified atom stereocenters. The lowest BCUT2D eigenvalue weighted by molar-refractivity contribution is -0.122. The third-order valence-corrected chi connectivity index (χ3v) is 4.60. The van der Waals surface area contributed by atoms with E-state index in [4.69, 9.17) is 9.47 Å². The first-order valence-electron chi connectivity index (χ1n) is 7.36. The van der Waals surface area contributed by atoms with E-state index in [0.29, 0.717) is 36.2 Å². The summed E-state index contributed by atoms with van der Waals surface area (Å²) in [4.78, 5) is 25.6. The summed E-state index contributed by atoms with van der Waals surface area (Å²) >= 11 is 4.42. The number of nitrogens with zero attached hydrogens (tertiary/aromatic N) is 1. The fourth-order valence-electron chi connectivity index (χ4n) is 2.14. The fraction of sp³-hybridized carbons (Fsp3) is 0.375. The standard InChI is InChI=1S/C16H18BrNO4S/c1-4-18-15(19)13(23-16(18)20)9-10-7-11(17)14(22-6-3)12(8-10)21-5-2/h7-9H,4-6H2,1-3H3/b13-9-. The van der Waals surface area contributed by atoms with E-state index in [1.54, 1.807) is 19.1 Å². The van der Waals surface area contributed by atoms with Crippen LogP contribution in [0, 0.1) is 0 Å². The maximum atomic E-state index is 12.2. The zero-order chi connectivity index (χ0) is 17.0. The number of carbonyl (C=O) groups excluding carboxylic acids is 2. The quantitative estimate of drug-likeness (QED) is 0.667. The van der Waals surface area contributed by atoms with Crippen molar-refractivity contribution < 1.29 is 19.1 Å². The first kappa shape index (κ1) is 17.9. The van der Waals surface area contributed by atoms with Gasteiger partial charge in [0.05, 0.1) is 22.6 Å². The second-order valence-electron chi connectivity index (χ2n) is 4.62. The van der Waals surface area contributed by atoms with Gasteiger partial charge in [-0.05, 0) is 72.2 Å². The van der Waals surface area contributed by atoms with Crippen LogP contribution in [0.25, 0.3) is 6.08 Å². The Hall–Kier alpha value is -1.47. The number of thioether (sulfide) groups is 1. The highest BCUT2D eigenvalue weighted by molar-refractivity contribution is 9.10. The van der Waals surface area contributed by atoms with Gasteiger partial charge in [0.15, 0.2) is 11.5 Å². The summed E-state index contributed by atoms with van der Waals surface area (Å²) < 4.78 is 11.9. The van der Waals surface area contributed by atoms with Crippen molar-refractivity contribution in [3.63, 3.8) is 0 Å². The first-order chi connectivity index (χ1) is 11.0. The highest BCUT2D eigenvalue weighted by Crippen LogP contribution is 2.39. The minimum atomic E-state index is -0.259. The van der Waals surface area contributed by atoms with Gasteiger partial charge >= 0.3 is 0 Å². The van der Waals surface area contributed by atoms with Crippen LogP contribution in [0.1, 0.15) is 26.3 Å². The number of likely N-dealkylation sites (N-methyl/N-ethyl adjacent to an activating group) is 1. The van der Waals surface area contributed by atoms with Crippen LogP contribution in [0.4, 0.5) is 4.79 Å². The summed E-state index contributed by atoms with van der Waals surface area (Å²) in [5.74, 6) is 0.975. The molecule has 23 heavy (non-hydrogen) atoms. The number of halogens is 1. The van der Waals surface area contributed by atoms with Crippen LogP contribution in [-0.2, 0) is 4.79 Å². The zero-order valence-electron chi connectivity index (χ0n) is 13.2. The Morgan fingerprint density at radius 1 is 1.17 bits per heavy atom. The van der Waals surface area contributed by atoms with Crippen molar-refractivity contribution in [3.05, 3.63) is 27.1 Å². The van der Waals surface area contributed by atoms with Crippen LogP contribution < -0.4 is 9.47 Å². The molecular weight excluding hydrogens is 382 g/mol. The van der Waals surface area contributed by atoms with E-state index in [0.717, 1.165) is 21.8 Å². The molecule has 0 radical (unpaired) electrons. The molecule has 2 rings (SSSR count). The molecule has 124 valence electrons. The van der Waals surface area contributed by atoms with E-state index in [2.05, 4.69) is 15.9 Å². The van der Waals surface area contributed by atoms with Gasteiger partial charge in [0.2, 0.25) is 0 Å². The minimum Gasteiger partial charge on any atom is -0.490 e. The molecule has 0 saturated carbocycles. The summed E-state index contributed by atoms with van der Waals surface area (Å²) in [7, 11) is 0. The van der Waals surface area contributed by atoms with Crippen LogP contribution in [-0.4, -0.2) is 35.8 Å². The zero-order valence-corrected chi connectivity index (χ0v) is 15.6. The predicted molar refractivity (Wildman–Crippen MR) is 94.8 cm³/mol. The van der Waals surface area contributed by atoms with Gasteiger partial charge in [0.1, 0.15) is 0 Å². The lowest BCUT2D eigenvalue weighted by atomic mass is 10.2. The Morgan fingerprint density at radius 2 is 1.87 bits per heavy atom. The fourth-order valence-corrected chi connectivity index (χ4v) is 3.62. The molecule has 0 N–H and O–H groups in total.